The summed E-state index contributed by atoms with van der Waals surface area (Å²) in [7, 11) is 4.44. The lowest BCUT2D eigenvalue weighted by atomic mass is 9.79. The van der Waals surface area contributed by atoms with E-state index >= 15 is 0 Å². The molecule has 0 aliphatic heterocycles. The van der Waals surface area contributed by atoms with Gasteiger partial charge in [0.05, 0.1) is 0 Å². The topological polar surface area (TPSA) is 41.3 Å². The van der Waals surface area contributed by atoms with Gasteiger partial charge in [-0.15, -0.1) is 0 Å². The second kappa shape index (κ2) is 7.92. The zero-order valence-electron chi connectivity index (χ0n) is 13.6. The lowest BCUT2D eigenvalue weighted by Gasteiger charge is -2.45. The van der Waals surface area contributed by atoms with Crippen molar-refractivity contribution in [2.24, 2.45) is 5.84 Å². The van der Waals surface area contributed by atoms with Crippen LogP contribution in [0.25, 0.3) is 0 Å². The number of nitrogens with zero attached hydrogens (tertiary/aromatic N) is 1. The Labute approximate surface area is 129 Å². The highest BCUT2D eigenvalue weighted by Crippen LogP contribution is 2.35. The fourth-order valence-electron chi connectivity index (χ4n) is 3.91. The maximum absolute atomic E-state index is 5.97. The SMILES string of the molecule is CN(C)C1(C(CCc2ccccc2)NN)CCCCCC1. The summed E-state index contributed by atoms with van der Waals surface area (Å²) in [6.45, 7) is 0. The summed E-state index contributed by atoms with van der Waals surface area (Å²) < 4.78 is 0. The van der Waals surface area contributed by atoms with Crippen LogP contribution in [0.5, 0.6) is 0 Å². The molecule has 1 aliphatic carbocycles. The minimum atomic E-state index is 0.208. The van der Waals surface area contributed by atoms with Gasteiger partial charge in [0.15, 0.2) is 0 Å². The van der Waals surface area contributed by atoms with Gasteiger partial charge in [0.2, 0.25) is 0 Å². The Hall–Kier alpha value is -0.900. The molecule has 1 aliphatic rings. The average molecular weight is 289 g/mol. The van der Waals surface area contributed by atoms with Gasteiger partial charge >= 0.3 is 0 Å². The van der Waals surface area contributed by atoms with Gasteiger partial charge in [-0.25, -0.2) is 0 Å². The van der Waals surface area contributed by atoms with Gasteiger partial charge < -0.3 is 4.90 Å². The van der Waals surface area contributed by atoms with Crippen molar-refractivity contribution in [1.29, 1.82) is 0 Å². The van der Waals surface area contributed by atoms with E-state index in [0.29, 0.717) is 6.04 Å². The Balaban J connectivity index is 2.08. The molecule has 1 unspecified atom stereocenters. The molecule has 0 radical (unpaired) electrons. The highest BCUT2D eigenvalue weighted by molar-refractivity contribution is 5.15. The average Bonchev–Trinajstić information content (AvgIpc) is 2.76. The summed E-state index contributed by atoms with van der Waals surface area (Å²) >= 11 is 0. The lowest BCUT2D eigenvalue weighted by Crippen LogP contribution is -2.60. The number of rotatable bonds is 6. The normalized spacial score (nSPS) is 20.2. The van der Waals surface area contributed by atoms with E-state index in [1.165, 1.54) is 44.1 Å². The van der Waals surface area contributed by atoms with Gasteiger partial charge in [-0.3, -0.25) is 11.3 Å². The summed E-state index contributed by atoms with van der Waals surface area (Å²) in [5, 5.41) is 0. The number of aryl methyl sites for hydroxylation is 1. The maximum atomic E-state index is 5.97. The Morgan fingerprint density at radius 2 is 1.71 bits per heavy atom. The van der Waals surface area contributed by atoms with Crippen LogP contribution in [-0.4, -0.2) is 30.6 Å². The molecule has 118 valence electrons. The molecule has 0 saturated heterocycles. The van der Waals surface area contributed by atoms with Crippen LogP contribution in [0.15, 0.2) is 30.3 Å². The molecule has 3 heteroatoms. The molecule has 1 aromatic rings. The lowest BCUT2D eigenvalue weighted by molar-refractivity contribution is 0.0764. The Morgan fingerprint density at radius 3 is 2.24 bits per heavy atom. The van der Waals surface area contributed by atoms with Crippen LogP contribution in [-0.2, 0) is 6.42 Å². The Morgan fingerprint density at radius 1 is 1.10 bits per heavy atom. The molecule has 0 bridgehead atoms. The van der Waals surface area contributed by atoms with E-state index in [2.05, 4.69) is 54.8 Å². The van der Waals surface area contributed by atoms with E-state index in [4.69, 9.17) is 5.84 Å². The number of nitrogens with one attached hydrogen (secondary N) is 1. The molecule has 2 rings (SSSR count). The molecule has 1 atom stereocenters. The van der Waals surface area contributed by atoms with Crippen molar-refractivity contribution in [3.8, 4) is 0 Å². The van der Waals surface area contributed by atoms with E-state index in [-0.39, 0.29) is 5.54 Å². The monoisotopic (exact) mass is 289 g/mol. The zero-order valence-corrected chi connectivity index (χ0v) is 13.6. The van der Waals surface area contributed by atoms with Gasteiger partial charge in [0, 0.05) is 11.6 Å². The van der Waals surface area contributed by atoms with E-state index in [1.807, 2.05) is 0 Å². The predicted molar refractivity (Wildman–Crippen MR) is 90.0 cm³/mol. The molecule has 3 N–H and O–H groups in total. The van der Waals surface area contributed by atoms with Crippen LogP contribution in [0, 0.1) is 0 Å². The van der Waals surface area contributed by atoms with E-state index < -0.39 is 0 Å². The summed E-state index contributed by atoms with van der Waals surface area (Å²) in [6.07, 6.45) is 10.1. The highest BCUT2D eigenvalue weighted by Gasteiger charge is 2.40. The largest absolute Gasteiger partial charge is 0.302 e. The first kappa shape index (κ1) is 16.5. The number of nitrogens with two attached hydrogens (primary N) is 1. The number of hydrogen-bond donors (Lipinski definition) is 2. The standard InChI is InChI=1S/C18H31N3/c1-21(2)18(14-8-3-4-9-15-18)17(20-19)13-12-16-10-6-5-7-11-16/h5-7,10-11,17,20H,3-4,8-9,12-15,19H2,1-2H3. The molecule has 21 heavy (non-hydrogen) atoms. The van der Waals surface area contributed by atoms with Gasteiger partial charge in [-0.2, -0.15) is 0 Å². The van der Waals surface area contributed by atoms with Crippen LogP contribution < -0.4 is 11.3 Å². The molecular weight excluding hydrogens is 258 g/mol. The molecule has 1 aromatic carbocycles. The Bertz CT molecular complexity index is 394. The van der Waals surface area contributed by atoms with Gasteiger partial charge in [0.1, 0.15) is 0 Å². The third-order valence-electron chi connectivity index (χ3n) is 5.27. The van der Waals surface area contributed by atoms with Gasteiger partial charge in [0.25, 0.3) is 0 Å². The van der Waals surface area contributed by atoms with Gasteiger partial charge in [-0.1, -0.05) is 56.0 Å². The molecule has 1 saturated carbocycles. The molecule has 0 aromatic heterocycles. The summed E-state index contributed by atoms with van der Waals surface area (Å²) in [6, 6.07) is 11.1. The molecule has 0 spiro atoms. The first-order chi connectivity index (χ1) is 10.2. The minimum Gasteiger partial charge on any atom is -0.302 e. The van der Waals surface area contributed by atoms with Crippen LogP contribution in [0.1, 0.15) is 50.5 Å². The quantitative estimate of drug-likeness (QED) is 0.480. The Kier molecular flexibility index (Phi) is 6.22. The third-order valence-corrected chi connectivity index (χ3v) is 5.27. The number of likely N-dealkylation sites (N-methyl/N-ethyl adjacent to an activating group) is 1. The summed E-state index contributed by atoms with van der Waals surface area (Å²) in [4.78, 5) is 2.42. The van der Waals surface area contributed by atoms with Crippen molar-refractivity contribution < 1.29 is 0 Å². The molecule has 0 amide bonds. The van der Waals surface area contributed by atoms with Crippen molar-refractivity contribution in [1.82, 2.24) is 10.3 Å². The fraction of sp³-hybridized carbons (Fsp3) is 0.667. The van der Waals surface area contributed by atoms with Crippen LogP contribution >= 0.6 is 0 Å². The van der Waals surface area contributed by atoms with Gasteiger partial charge in [-0.05, 0) is 45.3 Å². The van der Waals surface area contributed by atoms with Crippen molar-refractivity contribution in [3.05, 3.63) is 35.9 Å². The van der Waals surface area contributed by atoms with Crippen LogP contribution in [0.2, 0.25) is 0 Å². The summed E-state index contributed by atoms with van der Waals surface area (Å²) in [5.41, 5.74) is 4.76. The van der Waals surface area contributed by atoms with E-state index in [0.717, 1.165) is 12.8 Å². The fourth-order valence-corrected chi connectivity index (χ4v) is 3.91. The van der Waals surface area contributed by atoms with Crippen molar-refractivity contribution in [2.45, 2.75) is 62.9 Å². The minimum absolute atomic E-state index is 0.208. The maximum Gasteiger partial charge on any atom is 0.0397 e. The molecule has 1 fully saturated rings. The zero-order chi connectivity index (χ0) is 15.1. The van der Waals surface area contributed by atoms with Crippen LogP contribution in [0.4, 0.5) is 0 Å². The molecule has 3 nitrogen and oxygen atoms in total. The van der Waals surface area contributed by atoms with E-state index in [1.54, 1.807) is 0 Å². The summed E-state index contributed by atoms with van der Waals surface area (Å²) in [5.74, 6) is 5.97. The van der Waals surface area contributed by atoms with Crippen molar-refractivity contribution in [2.75, 3.05) is 14.1 Å². The highest BCUT2D eigenvalue weighted by atomic mass is 15.3. The molecular formula is C18H31N3. The number of benzene rings is 1. The third kappa shape index (κ3) is 4.06. The second-order valence-corrected chi connectivity index (χ2v) is 6.66. The van der Waals surface area contributed by atoms with Crippen LogP contribution in [0.3, 0.4) is 0 Å². The number of hydrogen-bond acceptors (Lipinski definition) is 3. The first-order valence-electron chi connectivity index (χ1n) is 8.36. The predicted octanol–water partition coefficient (Wildman–Crippen LogP) is 3.11. The van der Waals surface area contributed by atoms with Crippen molar-refractivity contribution >= 4 is 0 Å². The van der Waals surface area contributed by atoms with Crippen molar-refractivity contribution in [3.63, 3.8) is 0 Å². The number of hydrazine groups is 1. The second-order valence-electron chi connectivity index (χ2n) is 6.66. The smallest absolute Gasteiger partial charge is 0.0397 e. The van der Waals surface area contributed by atoms with E-state index in [9.17, 15) is 0 Å². The first-order valence-corrected chi connectivity index (χ1v) is 8.36. The molecule has 0 heterocycles.